The molecule has 142 valence electrons. The van der Waals surface area contributed by atoms with E-state index in [4.69, 9.17) is 0 Å². The monoisotopic (exact) mass is 409 g/mol. The number of amides is 1. The molecule has 0 saturated heterocycles. The number of hydrogen-bond donors (Lipinski definition) is 1. The van der Waals surface area contributed by atoms with Crippen molar-refractivity contribution in [2.75, 3.05) is 12.4 Å². The van der Waals surface area contributed by atoms with Gasteiger partial charge in [-0.05, 0) is 47.0 Å². The summed E-state index contributed by atoms with van der Waals surface area (Å²) >= 11 is 3.05. The third-order valence-electron chi connectivity index (χ3n) is 4.43. The van der Waals surface area contributed by atoms with Crippen LogP contribution in [0.25, 0.3) is 10.2 Å². The van der Waals surface area contributed by atoms with Crippen LogP contribution >= 0.6 is 22.7 Å². The maximum absolute atomic E-state index is 13.0. The Hall–Kier alpha value is -2.84. The largest absolute Gasteiger partial charge is 0.364 e. The van der Waals surface area contributed by atoms with Crippen LogP contribution in [0, 0.1) is 6.92 Å². The fourth-order valence-corrected chi connectivity index (χ4v) is 4.79. The summed E-state index contributed by atoms with van der Waals surface area (Å²) in [6, 6.07) is 7.84. The lowest BCUT2D eigenvalue weighted by Crippen LogP contribution is -2.25. The predicted molar refractivity (Wildman–Crippen MR) is 114 cm³/mol. The van der Waals surface area contributed by atoms with Crippen molar-refractivity contribution in [3.05, 3.63) is 69.2 Å². The van der Waals surface area contributed by atoms with E-state index >= 15 is 0 Å². The molecule has 0 bridgehead atoms. The zero-order valence-corrected chi connectivity index (χ0v) is 17.2. The van der Waals surface area contributed by atoms with Gasteiger partial charge >= 0.3 is 0 Å². The fourth-order valence-electron chi connectivity index (χ4n) is 2.99. The Bertz CT molecular complexity index is 1090. The number of nitrogens with zero attached hydrogens (tertiary/aromatic N) is 4. The minimum Gasteiger partial charge on any atom is -0.364 e. The lowest BCUT2D eigenvalue weighted by molar-refractivity contribution is 0.0789. The van der Waals surface area contributed by atoms with Crippen molar-refractivity contribution in [2.45, 2.75) is 20.0 Å². The number of aryl methyl sites for hydroxylation is 1. The Balaban J connectivity index is 1.60. The van der Waals surface area contributed by atoms with Crippen molar-refractivity contribution in [3.8, 4) is 0 Å². The number of pyridine rings is 1. The van der Waals surface area contributed by atoms with E-state index in [1.165, 1.54) is 17.7 Å². The molecule has 6 nitrogen and oxygen atoms in total. The fraction of sp³-hybridized carbons (Fsp3) is 0.200. The second-order valence-electron chi connectivity index (χ2n) is 6.43. The van der Waals surface area contributed by atoms with Crippen LogP contribution in [0.2, 0.25) is 0 Å². The number of rotatable bonds is 6. The van der Waals surface area contributed by atoms with E-state index in [-0.39, 0.29) is 5.91 Å². The molecule has 0 aliphatic rings. The van der Waals surface area contributed by atoms with Gasteiger partial charge in [-0.15, -0.1) is 11.3 Å². The van der Waals surface area contributed by atoms with Crippen LogP contribution in [0.5, 0.6) is 0 Å². The molecule has 8 heteroatoms. The molecule has 4 aromatic heterocycles. The van der Waals surface area contributed by atoms with E-state index in [1.54, 1.807) is 22.4 Å². The van der Waals surface area contributed by atoms with Gasteiger partial charge in [-0.1, -0.05) is 6.07 Å². The van der Waals surface area contributed by atoms with Gasteiger partial charge in [0.15, 0.2) is 0 Å². The third kappa shape index (κ3) is 3.74. The normalized spacial score (nSPS) is 10.9. The number of carbonyl (C=O) groups excluding carboxylic acids is 1. The lowest BCUT2D eigenvalue weighted by atomic mass is 10.2. The van der Waals surface area contributed by atoms with Crippen molar-refractivity contribution >= 4 is 44.6 Å². The van der Waals surface area contributed by atoms with Crippen LogP contribution < -0.4 is 5.32 Å². The van der Waals surface area contributed by atoms with E-state index < -0.39 is 0 Å². The highest BCUT2D eigenvalue weighted by atomic mass is 32.1. The van der Waals surface area contributed by atoms with Gasteiger partial charge in [-0.2, -0.15) is 11.3 Å². The second kappa shape index (κ2) is 8.04. The predicted octanol–water partition coefficient (Wildman–Crippen LogP) is 4.34. The summed E-state index contributed by atoms with van der Waals surface area (Å²) in [6.45, 7) is 3.11. The van der Waals surface area contributed by atoms with Gasteiger partial charge in [-0.25, -0.2) is 9.97 Å². The highest BCUT2D eigenvalue weighted by molar-refractivity contribution is 7.20. The Morgan fingerprint density at radius 3 is 2.86 bits per heavy atom. The Morgan fingerprint density at radius 1 is 1.21 bits per heavy atom. The molecule has 0 aliphatic heterocycles. The number of carbonyl (C=O) groups is 1. The topological polar surface area (TPSA) is 71.0 Å². The molecule has 4 heterocycles. The Kier molecular flexibility index (Phi) is 5.31. The number of thiophene rings is 2. The molecular weight excluding hydrogens is 390 g/mol. The minimum atomic E-state index is 0.00220. The van der Waals surface area contributed by atoms with Crippen molar-refractivity contribution < 1.29 is 4.79 Å². The van der Waals surface area contributed by atoms with Gasteiger partial charge in [0.2, 0.25) is 0 Å². The molecule has 4 aromatic rings. The molecule has 0 atom stereocenters. The zero-order valence-electron chi connectivity index (χ0n) is 15.5. The number of anilines is 1. The SMILES string of the molecule is Cc1c(C(=O)N(C)Cc2ccsc2)sc2ncnc(NCc3ccccn3)c12. The summed E-state index contributed by atoms with van der Waals surface area (Å²) < 4.78 is 0. The number of aromatic nitrogens is 3. The second-order valence-corrected chi connectivity index (χ2v) is 8.21. The summed E-state index contributed by atoms with van der Waals surface area (Å²) in [5.74, 6) is 0.728. The van der Waals surface area contributed by atoms with E-state index in [0.717, 1.165) is 32.9 Å². The van der Waals surface area contributed by atoms with Gasteiger partial charge in [0.05, 0.1) is 22.5 Å². The van der Waals surface area contributed by atoms with Gasteiger partial charge in [-0.3, -0.25) is 9.78 Å². The standard InChI is InChI=1S/C20H19N5OS2/c1-13-16-18(22-9-15-5-3-4-7-21-15)23-12-24-19(16)28-17(13)20(26)25(2)10-14-6-8-27-11-14/h3-8,11-12H,9-10H2,1-2H3,(H,22,23,24). The van der Waals surface area contributed by atoms with Crippen molar-refractivity contribution in [1.82, 2.24) is 19.9 Å². The number of nitrogens with one attached hydrogen (secondary N) is 1. The molecule has 0 spiro atoms. The highest BCUT2D eigenvalue weighted by Gasteiger charge is 2.22. The Morgan fingerprint density at radius 2 is 2.11 bits per heavy atom. The summed E-state index contributed by atoms with van der Waals surface area (Å²) in [5, 5.41) is 8.31. The summed E-state index contributed by atoms with van der Waals surface area (Å²) in [6.07, 6.45) is 3.30. The molecule has 0 aromatic carbocycles. The molecule has 0 aliphatic carbocycles. The van der Waals surface area contributed by atoms with Crippen molar-refractivity contribution in [1.29, 1.82) is 0 Å². The maximum Gasteiger partial charge on any atom is 0.264 e. The summed E-state index contributed by atoms with van der Waals surface area (Å²) in [5.41, 5.74) is 2.97. The summed E-state index contributed by atoms with van der Waals surface area (Å²) in [7, 11) is 1.83. The van der Waals surface area contributed by atoms with Crippen molar-refractivity contribution in [3.63, 3.8) is 0 Å². The molecule has 4 rings (SSSR count). The maximum atomic E-state index is 13.0. The molecular formula is C20H19N5OS2. The quantitative estimate of drug-likeness (QED) is 0.513. The molecule has 1 N–H and O–H groups in total. The number of hydrogen-bond acceptors (Lipinski definition) is 7. The van der Waals surface area contributed by atoms with Crippen LogP contribution in [-0.4, -0.2) is 32.8 Å². The first kappa shape index (κ1) is 18.5. The van der Waals surface area contributed by atoms with Crippen LogP contribution in [0.4, 0.5) is 5.82 Å². The van der Waals surface area contributed by atoms with E-state index in [1.807, 2.05) is 43.6 Å². The molecule has 28 heavy (non-hydrogen) atoms. The summed E-state index contributed by atoms with van der Waals surface area (Å²) in [4.78, 5) is 29.4. The van der Waals surface area contributed by atoms with Crippen LogP contribution in [-0.2, 0) is 13.1 Å². The average Bonchev–Trinajstić information content (AvgIpc) is 3.34. The first-order valence-corrected chi connectivity index (χ1v) is 10.5. The van der Waals surface area contributed by atoms with E-state index in [0.29, 0.717) is 18.0 Å². The molecule has 0 saturated carbocycles. The molecule has 0 unspecified atom stereocenters. The number of fused-ring (bicyclic) bond motifs is 1. The first-order valence-electron chi connectivity index (χ1n) is 8.78. The van der Waals surface area contributed by atoms with Gasteiger partial charge in [0.1, 0.15) is 17.0 Å². The molecule has 0 fully saturated rings. The van der Waals surface area contributed by atoms with E-state index in [9.17, 15) is 4.79 Å². The van der Waals surface area contributed by atoms with Gasteiger partial charge in [0.25, 0.3) is 5.91 Å². The highest BCUT2D eigenvalue weighted by Crippen LogP contribution is 2.34. The molecule has 1 amide bonds. The zero-order chi connectivity index (χ0) is 19.5. The lowest BCUT2D eigenvalue weighted by Gasteiger charge is -2.16. The molecule has 0 radical (unpaired) electrons. The average molecular weight is 410 g/mol. The van der Waals surface area contributed by atoms with Gasteiger partial charge in [0, 0.05) is 19.8 Å². The van der Waals surface area contributed by atoms with Crippen molar-refractivity contribution in [2.24, 2.45) is 0 Å². The van der Waals surface area contributed by atoms with Gasteiger partial charge < -0.3 is 10.2 Å². The third-order valence-corrected chi connectivity index (χ3v) is 6.35. The van der Waals surface area contributed by atoms with E-state index in [2.05, 4.69) is 25.6 Å². The van der Waals surface area contributed by atoms with Crippen LogP contribution in [0.3, 0.4) is 0 Å². The van der Waals surface area contributed by atoms with Crippen LogP contribution in [0.15, 0.2) is 47.5 Å². The smallest absolute Gasteiger partial charge is 0.264 e. The Labute approximate surface area is 170 Å². The first-order chi connectivity index (χ1) is 13.6. The minimum absolute atomic E-state index is 0.00220. The van der Waals surface area contributed by atoms with Crippen LogP contribution in [0.1, 0.15) is 26.5 Å².